The van der Waals surface area contributed by atoms with Gasteiger partial charge in [0.15, 0.2) is 0 Å². The molecule has 204 valence electrons. The van der Waals surface area contributed by atoms with Crippen LogP contribution in [-0.4, -0.2) is 44.2 Å². The van der Waals surface area contributed by atoms with Gasteiger partial charge in [0.1, 0.15) is 12.2 Å². The number of esters is 2. The van der Waals surface area contributed by atoms with Crippen molar-refractivity contribution < 1.29 is 24.2 Å². The summed E-state index contributed by atoms with van der Waals surface area (Å²) in [5.41, 5.74) is 2.07. The van der Waals surface area contributed by atoms with E-state index >= 15 is 0 Å². The number of carbonyl (C=O) groups is 2. The average molecular weight is 519 g/mol. The molecule has 9 atom stereocenters. The number of hydrogen-bond donors (Lipinski definition) is 1. The van der Waals surface area contributed by atoms with Crippen LogP contribution in [0, 0.1) is 35.0 Å². The molecule has 0 radical (unpaired) electrons. The van der Waals surface area contributed by atoms with Gasteiger partial charge < -0.3 is 14.6 Å². The largest absolute Gasteiger partial charge is 0.462 e. The number of cyclic esters (lactones) is 1. The van der Waals surface area contributed by atoms with Crippen molar-refractivity contribution in [3.05, 3.63) is 23.8 Å². The molecule has 0 aromatic rings. The summed E-state index contributed by atoms with van der Waals surface area (Å²) in [7, 11) is -0.919. The van der Waals surface area contributed by atoms with Crippen molar-refractivity contribution in [2.24, 2.45) is 35.0 Å². The predicted molar refractivity (Wildman–Crippen MR) is 147 cm³/mol. The lowest BCUT2D eigenvalue weighted by molar-refractivity contribution is -0.162. The van der Waals surface area contributed by atoms with Crippen molar-refractivity contribution >= 4 is 20.7 Å². The number of ether oxygens (including phenoxy) is 2. The standard InChI is InChI=1S/C30H50O5Si/c1-18-13-21-10-9-19(2)24(12-11-23-16-22(31)17-27(32)34-23)28(21)25(14-18)35-29(33)20(3)15-26(36(7)8)30(4,5)6/h9-10,13,18-20,22-26,28,31,36H,11-12,14-17H2,1-8H3/t18-,19-,20-,22+,23-,24-,25-,26?,28-/m0/s1. The van der Waals surface area contributed by atoms with E-state index in [9.17, 15) is 14.7 Å². The Balaban J connectivity index is 1.72. The minimum Gasteiger partial charge on any atom is -0.462 e. The van der Waals surface area contributed by atoms with Gasteiger partial charge in [-0.3, -0.25) is 9.59 Å². The highest BCUT2D eigenvalue weighted by atomic mass is 28.3. The van der Waals surface area contributed by atoms with E-state index in [1.165, 1.54) is 5.57 Å². The number of hydrogen-bond acceptors (Lipinski definition) is 5. The molecule has 1 fully saturated rings. The molecule has 6 heteroatoms. The van der Waals surface area contributed by atoms with Crippen molar-refractivity contribution in [3.8, 4) is 0 Å². The van der Waals surface area contributed by atoms with Crippen LogP contribution in [0.25, 0.3) is 0 Å². The monoisotopic (exact) mass is 518 g/mol. The molecular formula is C30H50O5Si. The summed E-state index contributed by atoms with van der Waals surface area (Å²) >= 11 is 0. The van der Waals surface area contributed by atoms with Crippen molar-refractivity contribution in [1.29, 1.82) is 0 Å². The van der Waals surface area contributed by atoms with E-state index in [0.717, 1.165) is 25.7 Å². The highest BCUT2D eigenvalue weighted by molar-refractivity contribution is 6.57. The SMILES string of the molecule is C[C@H]1C=C2C=C[C@H](C)[C@H](CC[C@H]3C[C@@H](O)CC(=O)O3)[C@H]2[C@@H](OC(=O)[C@@H](C)CC([SiH](C)C)C(C)(C)C)C1. The molecule has 1 N–H and O–H groups in total. The van der Waals surface area contributed by atoms with E-state index < -0.39 is 14.9 Å². The van der Waals surface area contributed by atoms with Gasteiger partial charge in [0.05, 0.1) is 18.4 Å². The number of allylic oxidation sites excluding steroid dienone is 3. The number of fused-ring (bicyclic) bond motifs is 1. The lowest BCUT2D eigenvalue weighted by Crippen LogP contribution is -2.42. The zero-order valence-corrected chi connectivity index (χ0v) is 25.0. The fraction of sp³-hybridized carbons (Fsp3) is 0.800. The van der Waals surface area contributed by atoms with E-state index in [1.807, 2.05) is 6.92 Å². The first-order valence-corrected chi connectivity index (χ1v) is 17.2. The molecule has 3 rings (SSSR count). The van der Waals surface area contributed by atoms with E-state index in [2.05, 4.69) is 65.9 Å². The second-order valence-corrected chi connectivity index (χ2v) is 16.7. The zero-order chi connectivity index (χ0) is 26.8. The van der Waals surface area contributed by atoms with Crippen molar-refractivity contribution in [2.75, 3.05) is 0 Å². The van der Waals surface area contributed by atoms with Gasteiger partial charge in [-0.25, -0.2) is 0 Å². The first-order valence-electron chi connectivity index (χ1n) is 14.2. The Bertz CT molecular complexity index is 841. The van der Waals surface area contributed by atoms with Crippen LogP contribution in [-0.2, 0) is 19.1 Å². The molecule has 3 aliphatic rings. The summed E-state index contributed by atoms with van der Waals surface area (Å²) in [5.74, 6) is 0.726. The fourth-order valence-electron chi connectivity index (χ4n) is 7.01. The summed E-state index contributed by atoms with van der Waals surface area (Å²) in [6.45, 7) is 18.2. The van der Waals surface area contributed by atoms with Gasteiger partial charge in [-0.1, -0.05) is 72.9 Å². The molecule has 0 saturated carbocycles. The van der Waals surface area contributed by atoms with Crippen LogP contribution < -0.4 is 0 Å². The van der Waals surface area contributed by atoms with E-state index in [-0.39, 0.29) is 47.8 Å². The molecule has 0 spiro atoms. The van der Waals surface area contributed by atoms with Crippen LogP contribution >= 0.6 is 0 Å². The van der Waals surface area contributed by atoms with Gasteiger partial charge in [-0.15, -0.1) is 0 Å². The Labute approximate surface area is 220 Å². The average Bonchev–Trinajstić information content (AvgIpc) is 2.75. The van der Waals surface area contributed by atoms with Crippen molar-refractivity contribution in [2.45, 2.75) is 117 Å². The quantitative estimate of drug-likeness (QED) is 0.311. The third-order valence-corrected chi connectivity index (χ3v) is 11.7. The van der Waals surface area contributed by atoms with Crippen LogP contribution in [0.5, 0.6) is 0 Å². The van der Waals surface area contributed by atoms with Crippen LogP contribution in [0.3, 0.4) is 0 Å². The number of carbonyl (C=O) groups excluding carboxylic acids is 2. The highest BCUT2D eigenvalue weighted by Crippen LogP contribution is 2.46. The second-order valence-electron chi connectivity index (χ2n) is 13.4. The Morgan fingerprint density at radius 1 is 1.22 bits per heavy atom. The third-order valence-electron chi connectivity index (χ3n) is 8.85. The smallest absolute Gasteiger partial charge is 0.308 e. The highest BCUT2D eigenvalue weighted by Gasteiger charge is 2.42. The maximum absolute atomic E-state index is 13.4. The molecule has 1 aliphatic heterocycles. The third kappa shape index (κ3) is 7.34. The van der Waals surface area contributed by atoms with Crippen molar-refractivity contribution in [1.82, 2.24) is 0 Å². The van der Waals surface area contributed by atoms with Gasteiger partial charge in [-0.2, -0.15) is 0 Å². The number of aliphatic hydroxyl groups is 1. The maximum atomic E-state index is 13.4. The Hall–Kier alpha value is -1.40. The first kappa shape index (κ1) is 29.2. The molecule has 1 saturated heterocycles. The molecule has 36 heavy (non-hydrogen) atoms. The van der Waals surface area contributed by atoms with Gasteiger partial charge in [0.2, 0.25) is 0 Å². The van der Waals surface area contributed by atoms with Crippen LogP contribution in [0.4, 0.5) is 0 Å². The predicted octanol–water partition coefficient (Wildman–Crippen LogP) is 6.08. The molecule has 5 nitrogen and oxygen atoms in total. The summed E-state index contributed by atoms with van der Waals surface area (Å²) in [6.07, 6.45) is 9.85. The molecular weight excluding hydrogens is 468 g/mol. The molecule has 2 aliphatic carbocycles. The summed E-state index contributed by atoms with van der Waals surface area (Å²) < 4.78 is 11.9. The molecule has 0 aromatic heterocycles. The van der Waals surface area contributed by atoms with Crippen LogP contribution in [0.2, 0.25) is 18.6 Å². The molecule has 0 amide bonds. The summed E-state index contributed by atoms with van der Waals surface area (Å²) in [6, 6.07) is 0. The van der Waals surface area contributed by atoms with E-state index in [0.29, 0.717) is 29.7 Å². The maximum Gasteiger partial charge on any atom is 0.308 e. The molecule has 0 aromatic carbocycles. The normalized spacial score (nSPS) is 34.4. The first-order chi connectivity index (χ1) is 16.8. The molecule has 1 heterocycles. The van der Waals surface area contributed by atoms with Crippen LogP contribution in [0.1, 0.15) is 80.1 Å². The minimum absolute atomic E-state index is 0.0531. The van der Waals surface area contributed by atoms with Gasteiger partial charge in [-0.05, 0) is 60.0 Å². The second kappa shape index (κ2) is 12.0. The van der Waals surface area contributed by atoms with Crippen LogP contribution in [0.15, 0.2) is 23.8 Å². The van der Waals surface area contributed by atoms with E-state index in [4.69, 9.17) is 9.47 Å². The number of aliphatic hydroxyl groups excluding tert-OH is 1. The van der Waals surface area contributed by atoms with E-state index in [1.54, 1.807) is 0 Å². The molecule has 1 unspecified atom stereocenters. The fourth-order valence-corrected chi connectivity index (χ4v) is 9.96. The minimum atomic E-state index is -0.919. The Morgan fingerprint density at radius 3 is 2.53 bits per heavy atom. The van der Waals surface area contributed by atoms with Gasteiger partial charge >= 0.3 is 11.9 Å². The lowest BCUT2D eigenvalue weighted by atomic mass is 9.65. The zero-order valence-electron chi connectivity index (χ0n) is 23.8. The Kier molecular flexibility index (Phi) is 9.70. The topological polar surface area (TPSA) is 72.8 Å². The summed E-state index contributed by atoms with van der Waals surface area (Å²) in [5, 5.41) is 10.0. The Morgan fingerprint density at radius 2 is 1.92 bits per heavy atom. The lowest BCUT2D eigenvalue weighted by Gasteiger charge is -2.44. The number of rotatable bonds is 8. The molecule has 0 bridgehead atoms. The van der Waals surface area contributed by atoms with Gasteiger partial charge in [0.25, 0.3) is 0 Å². The van der Waals surface area contributed by atoms with Gasteiger partial charge in [0, 0.05) is 21.1 Å². The van der Waals surface area contributed by atoms with Crippen molar-refractivity contribution in [3.63, 3.8) is 0 Å². The summed E-state index contributed by atoms with van der Waals surface area (Å²) in [4.78, 5) is 25.2.